The third kappa shape index (κ3) is 1.95. The number of nitrogens with zero attached hydrogens (tertiary/aromatic N) is 1. The molecule has 1 aliphatic heterocycles. The number of carboxylic acids is 1. The highest BCUT2D eigenvalue weighted by molar-refractivity contribution is 5.87. The second-order valence-corrected chi connectivity index (χ2v) is 4.01. The van der Waals surface area contributed by atoms with Crippen LogP contribution in [0.25, 0.3) is 0 Å². The molecule has 1 aromatic heterocycles. The molecule has 0 aliphatic carbocycles. The topological polar surface area (TPSA) is 75.2 Å². The lowest BCUT2D eigenvalue weighted by molar-refractivity contribution is 0.0689. The number of ether oxygens (including phenoxy) is 1. The molecule has 0 atom stereocenters. The maximum Gasteiger partial charge on any atom is 0.356 e. The fourth-order valence-corrected chi connectivity index (χ4v) is 2.24. The van der Waals surface area contributed by atoms with E-state index in [1.165, 1.54) is 0 Å². The summed E-state index contributed by atoms with van der Waals surface area (Å²) in [5.74, 6) is -0.587. The molecular formula is C11H16N2O3. The van der Waals surface area contributed by atoms with E-state index in [9.17, 15) is 4.79 Å². The van der Waals surface area contributed by atoms with Gasteiger partial charge in [0.15, 0.2) is 5.69 Å². The zero-order chi connectivity index (χ0) is 11.5. The smallest absolute Gasteiger partial charge is 0.356 e. The summed E-state index contributed by atoms with van der Waals surface area (Å²) in [6.45, 7) is 3.45. The van der Waals surface area contributed by atoms with Crippen LogP contribution in [0.15, 0.2) is 0 Å². The van der Waals surface area contributed by atoms with E-state index in [-0.39, 0.29) is 5.69 Å². The van der Waals surface area contributed by atoms with Crippen LogP contribution in [-0.4, -0.2) is 34.5 Å². The molecule has 0 amide bonds. The van der Waals surface area contributed by atoms with E-state index in [1.807, 2.05) is 6.92 Å². The summed E-state index contributed by atoms with van der Waals surface area (Å²) in [4.78, 5) is 11.0. The number of nitrogens with one attached hydrogen (secondary N) is 1. The third-order valence-electron chi connectivity index (χ3n) is 3.08. The van der Waals surface area contributed by atoms with Crippen molar-refractivity contribution in [2.75, 3.05) is 13.2 Å². The van der Waals surface area contributed by atoms with E-state index in [4.69, 9.17) is 9.84 Å². The van der Waals surface area contributed by atoms with Crippen molar-refractivity contribution in [2.24, 2.45) is 0 Å². The van der Waals surface area contributed by atoms with Crippen LogP contribution in [0.3, 0.4) is 0 Å². The minimum atomic E-state index is -0.952. The van der Waals surface area contributed by atoms with E-state index in [2.05, 4.69) is 10.2 Å². The Bertz CT molecular complexity index is 381. The monoisotopic (exact) mass is 224 g/mol. The summed E-state index contributed by atoms with van der Waals surface area (Å²) in [6.07, 6.45) is 2.58. The van der Waals surface area contributed by atoms with E-state index in [0.717, 1.165) is 37.3 Å². The maximum atomic E-state index is 11.0. The normalized spacial score (nSPS) is 17.6. The van der Waals surface area contributed by atoms with E-state index in [1.54, 1.807) is 0 Å². The summed E-state index contributed by atoms with van der Waals surface area (Å²) in [7, 11) is 0. The Hall–Kier alpha value is -1.36. The Morgan fingerprint density at radius 3 is 2.81 bits per heavy atom. The minimum Gasteiger partial charge on any atom is -0.476 e. The number of carbonyl (C=O) groups is 1. The number of carboxylic acid groups (broad SMARTS) is 1. The van der Waals surface area contributed by atoms with E-state index in [0.29, 0.717) is 12.3 Å². The molecule has 0 bridgehead atoms. The van der Waals surface area contributed by atoms with Crippen LogP contribution in [0.4, 0.5) is 0 Å². The largest absolute Gasteiger partial charge is 0.476 e. The molecule has 88 valence electrons. The van der Waals surface area contributed by atoms with E-state index >= 15 is 0 Å². The molecule has 5 heteroatoms. The zero-order valence-corrected chi connectivity index (χ0v) is 9.32. The second-order valence-electron chi connectivity index (χ2n) is 4.01. The summed E-state index contributed by atoms with van der Waals surface area (Å²) in [5, 5.41) is 15.8. The molecule has 0 radical (unpaired) electrons. The highest BCUT2D eigenvalue weighted by atomic mass is 16.5. The fourth-order valence-electron chi connectivity index (χ4n) is 2.24. The van der Waals surface area contributed by atoms with Crippen LogP contribution in [-0.2, 0) is 11.2 Å². The van der Waals surface area contributed by atoms with Crippen molar-refractivity contribution in [2.45, 2.75) is 32.1 Å². The van der Waals surface area contributed by atoms with Gasteiger partial charge in [0.2, 0.25) is 0 Å². The molecule has 2 rings (SSSR count). The summed E-state index contributed by atoms with van der Waals surface area (Å²) in [6, 6.07) is 0. The van der Waals surface area contributed by atoms with Gasteiger partial charge in [0, 0.05) is 30.4 Å². The predicted octanol–water partition coefficient (Wildman–Crippen LogP) is 1.56. The SMILES string of the molecule is CCc1c(C(=O)O)n[nH]c1C1CCOCC1. The third-order valence-corrected chi connectivity index (χ3v) is 3.08. The molecular weight excluding hydrogens is 208 g/mol. The van der Waals surface area contributed by atoms with Crippen molar-refractivity contribution >= 4 is 5.97 Å². The number of aromatic nitrogens is 2. The first-order chi connectivity index (χ1) is 7.74. The zero-order valence-electron chi connectivity index (χ0n) is 9.32. The summed E-state index contributed by atoms with van der Waals surface area (Å²) < 4.78 is 5.30. The van der Waals surface area contributed by atoms with Gasteiger partial charge >= 0.3 is 5.97 Å². The minimum absolute atomic E-state index is 0.170. The van der Waals surface area contributed by atoms with Crippen molar-refractivity contribution in [3.8, 4) is 0 Å². The molecule has 2 N–H and O–H groups in total. The van der Waals surface area contributed by atoms with Gasteiger partial charge in [-0.15, -0.1) is 0 Å². The Labute approximate surface area is 93.8 Å². The first-order valence-corrected chi connectivity index (χ1v) is 5.62. The van der Waals surface area contributed by atoms with Crippen molar-refractivity contribution in [3.63, 3.8) is 0 Å². The summed E-state index contributed by atoms with van der Waals surface area (Å²) in [5.41, 5.74) is 2.01. The van der Waals surface area contributed by atoms with Gasteiger partial charge in [-0.1, -0.05) is 6.92 Å². The van der Waals surface area contributed by atoms with Crippen LogP contribution < -0.4 is 0 Å². The van der Waals surface area contributed by atoms with Gasteiger partial charge in [-0.3, -0.25) is 5.10 Å². The number of aromatic amines is 1. The van der Waals surface area contributed by atoms with Gasteiger partial charge in [0.05, 0.1) is 0 Å². The Kier molecular flexibility index (Phi) is 3.24. The Balaban J connectivity index is 2.29. The number of aromatic carboxylic acids is 1. The number of rotatable bonds is 3. The highest BCUT2D eigenvalue weighted by Gasteiger charge is 2.24. The lowest BCUT2D eigenvalue weighted by atomic mass is 9.92. The quantitative estimate of drug-likeness (QED) is 0.817. The standard InChI is InChI=1S/C11H16N2O3/c1-2-8-9(7-3-5-16-6-4-7)12-13-10(8)11(14)15/h7H,2-6H2,1H3,(H,12,13)(H,14,15). The first-order valence-electron chi connectivity index (χ1n) is 5.62. The van der Waals surface area contributed by atoms with Crippen LogP contribution in [0.2, 0.25) is 0 Å². The molecule has 5 nitrogen and oxygen atoms in total. The average molecular weight is 224 g/mol. The molecule has 1 fully saturated rings. The van der Waals surface area contributed by atoms with E-state index < -0.39 is 5.97 Å². The van der Waals surface area contributed by atoms with Gasteiger partial charge in [-0.25, -0.2) is 4.79 Å². The van der Waals surface area contributed by atoms with Gasteiger partial charge in [0.1, 0.15) is 0 Å². The molecule has 16 heavy (non-hydrogen) atoms. The lowest BCUT2D eigenvalue weighted by Gasteiger charge is -2.21. The van der Waals surface area contributed by atoms with Crippen molar-refractivity contribution in [3.05, 3.63) is 17.0 Å². The second kappa shape index (κ2) is 4.65. The van der Waals surface area contributed by atoms with Crippen molar-refractivity contribution in [1.82, 2.24) is 10.2 Å². The van der Waals surface area contributed by atoms with Crippen molar-refractivity contribution < 1.29 is 14.6 Å². The molecule has 2 heterocycles. The molecule has 0 saturated carbocycles. The Morgan fingerprint density at radius 1 is 1.56 bits per heavy atom. The average Bonchev–Trinajstić information content (AvgIpc) is 2.73. The number of H-pyrrole nitrogens is 1. The molecule has 0 aromatic carbocycles. The molecule has 1 aromatic rings. The van der Waals surface area contributed by atoms with Crippen LogP contribution >= 0.6 is 0 Å². The maximum absolute atomic E-state index is 11.0. The number of hydrogen-bond acceptors (Lipinski definition) is 3. The molecule has 0 unspecified atom stereocenters. The highest BCUT2D eigenvalue weighted by Crippen LogP contribution is 2.29. The molecule has 1 aliphatic rings. The molecule has 0 spiro atoms. The fraction of sp³-hybridized carbons (Fsp3) is 0.636. The first kappa shape index (κ1) is 11.1. The van der Waals surface area contributed by atoms with Crippen molar-refractivity contribution in [1.29, 1.82) is 0 Å². The Morgan fingerprint density at radius 2 is 2.25 bits per heavy atom. The van der Waals surface area contributed by atoms with Gasteiger partial charge in [-0.05, 0) is 19.3 Å². The predicted molar refractivity (Wildman–Crippen MR) is 57.7 cm³/mol. The number of hydrogen-bond donors (Lipinski definition) is 2. The van der Waals surface area contributed by atoms with Gasteiger partial charge in [-0.2, -0.15) is 5.10 Å². The lowest BCUT2D eigenvalue weighted by Crippen LogP contribution is -2.15. The summed E-state index contributed by atoms with van der Waals surface area (Å²) >= 11 is 0. The van der Waals surface area contributed by atoms with Gasteiger partial charge in [0.25, 0.3) is 0 Å². The van der Waals surface area contributed by atoms with Gasteiger partial charge < -0.3 is 9.84 Å². The van der Waals surface area contributed by atoms with Crippen LogP contribution in [0.1, 0.15) is 47.4 Å². The van der Waals surface area contributed by atoms with Crippen LogP contribution in [0.5, 0.6) is 0 Å². The molecule has 1 saturated heterocycles. The van der Waals surface area contributed by atoms with Crippen LogP contribution in [0, 0.1) is 0 Å².